The summed E-state index contributed by atoms with van der Waals surface area (Å²) in [5, 5.41) is 5.79. The molecule has 0 bridgehead atoms. The summed E-state index contributed by atoms with van der Waals surface area (Å²) in [5.74, 6) is 0.196. The number of carbonyl (C=O) groups excluding carboxylic acids is 2. The van der Waals surface area contributed by atoms with Gasteiger partial charge in [-0.1, -0.05) is 55.8 Å². The van der Waals surface area contributed by atoms with Gasteiger partial charge in [-0.2, -0.15) is 0 Å². The Morgan fingerprint density at radius 1 is 0.903 bits per heavy atom. The van der Waals surface area contributed by atoms with Gasteiger partial charge in [0.1, 0.15) is 12.4 Å². The second-order valence-corrected chi connectivity index (χ2v) is 7.93. The van der Waals surface area contributed by atoms with Crippen LogP contribution in [-0.4, -0.2) is 11.8 Å². The van der Waals surface area contributed by atoms with E-state index in [1.165, 1.54) is 5.56 Å². The van der Waals surface area contributed by atoms with Crippen molar-refractivity contribution >= 4 is 23.2 Å². The average Bonchev–Trinajstić information content (AvgIpc) is 2.74. The van der Waals surface area contributed by atoms with E-state index in [2.05, 4.69) is 16.7 Å². The third-order valence-corrected chi connectivity index (χ3v) is 4.86. The number of ether oxygens (including phenoxy) is 1. The van der Waals surface area contributed by atoms with Crippen LogP contribution < -0.4 is 15.4 Å². The summed E-state index contributed by atoms with van der Waals surface area (Å²) >= 11 is 0. The number of hydrogen-bond donors (Lipinski definition) is 2. The number of nitrogens with one attached hydrogen (secondary N) is 2. The smallest absolute Gasteiger partial charge is 0.255 e. The molecule has 3 aromatic rings. The van der Waals surface area contributed by atoms with E-state index < -0.39 is 0 Å². The quantitative estimate of drug-likeness (QED) is 0.517. The minimum atomic E-state index is -0.239. The van der Waals surface area contributed by atoms with Crippen molar-refractivity contribution < 1.29 is 14.3 Å². The molecule has 0 atom stereocenters. The summed E-state index contributed by atoms with van der Waals surface area (Å²) < 4.78 is 5.87. The monoisotopic (exact) mass is 416 g/mol. The van der Waals surface area contributed by atoms with E-state index in [-0.39, 0.29) is 17.7 Å². The third kappa shape index (κ3) is 6.19. The fourth-order valence-corrected chi connectivity index (χ4v) is 3.01. The molecule has 2 amide bonds. The Balaban J connectivity index is 1.69. The van der Waals surface area contributed by atoms with Crippen LogP contribution in [0.1, 0.15) is 40.9 Å². The van der Waals surface area contributed by atoms with Crippen molar-refractivity contribution in [1.29, 1.82) is 0 Å². The van der Waals surface area contributed by atoms with Gasteiger partial charge in [-0.3, -0.25) is 9.59 Å². The molecule has 0 aliphatic heterocycles. The molecule has 0 aliphatic carbocycles. The Kier molecular flexibility index (Phi) is 7.08. The maximum atomic E-state index is 12.8. The lowest BCUT2D eigenvalue weighted by molar-refractivity contribution is -0.118. The summed E-state index contributed by atoms with van der Waals surface area (Å²) in [6, 6.07) is 20.7. The molecule has 160 valence electrons. The molecule has 0 fully saturated rings. The van der Waals surface area contributed by atoms with Crippen molar-refractivity contribution in [3.8, 4) is 5.75 Å². The molecule has 0 heterocycles. The summed E-state index contributed by atoms with van der Waals surface area (Å²) in [5.41, 5.74) is 4.95. The maximum absolute atomic E-state index is 12.8. The minimum Gasteiger partial charge on any atom is -0.489 e. The van der Waals surface area contributed by atoms with Crippen LogP contribution in [-0.2, 0) is 11.4 Å². The lowest BCUT2D eigenvalue weighted by Crippen LogP contribution is -2.18. The lowest BCUT2D eigenvalue weighted by atomic mass is 10.1. The number of anilines is 2. The number of carbonyl (C=O) groups is 2. The standard InChI is InChI=1S/C26H28N2O3/c1-17(2)25(29)27-22-12-11-19(4)24(15-22)28-26(30)21-9-6-10-23(14-21)31-16-20-8-5-7-18(3)13-20/h5-15,17H,16H2,1-4H3,(H,27,29)(H,28,30). The van der Waals surface area contributed by atoms with Crippen molar-refractivity contribution in [3.63, 3.8) is 0 Å². The van der Waals surface area contributed by atoms with Crippen LogP contribution in [0.15, 0.2) is 66.7 Å². The van der Waals surface area contributed by atoms with Gasteiger partial charge in [-0.05, 0) is 55.3 Å². The van der Waals surface area contributed by atoms with Crippen molar-refractivity contribution in [2.75, 3.05) is 10.6 Å². The van der Waals surface area contributed by atoms with Crippen LogP contribution >= 0.6 is 0 Å². The number of hydrogen-bond acceptors (Lipinski definition) is 3. The SMILES string of the molecule is Cc1cccc(COc2cccc(C(=O)Nc3cc(NC(=O)C(C)C)ccc3C)c2)c1. The van der Waals surface area contributed by atoms with E-state index in [1.807, 2.05) is 64.1 Å². The number of aryl methyl sites for hydroxylation is 2. The molecule has 2 N–H and O–H groups in total. The number of rotatable bonds is 7. The molecule has 0 saturated carbocycles. The van der Waals surface area contributed by atoms with Crippen molar-refractivity contribution in [2.24, 2.45) is 5.92 Å². The molecule has 5 heteroatoms. The van der Waals surface area contributed by atoms with Crippen LogP contribution in [0.5, 0.6) is 5.75 Å². The first kappa shape index (κ1) is 22.1. The van der Waals surface area contributed by atoms with E-state index in [0.717, 1.165) is 11.1 Å². The molecule has 0 aliphatic rings. The molecule has 0 saturated heterocycles. The average molecular weight is 417 g/mol. The first-order valence-corrected chi connectivity index (χ1v) is 10.3. The molecule has 0 aromatic heterocycles. The summed E-state index contributed by atoms with van der Waals surface area (Å²) in [6.45, 7) is 8.05. The third-order valence-electron chi connectivity index (χ3n) is 4.86. The van der Waals surface area contributed by atoms with E-state index >= 15 is 0 Å². The molecular formula is C26H28N2O3. The summed E-state index contributed by atoms with van der Waals surface area (Å²) in [4.78, 5) is 24.8. The summed E-state index contributed by atoms with van der Waals surface area (Å²) in [7, 11) is 0. The van der Waals surface area contributed by atoms with Crippen LogP contribution in [0.3, 0.4) is 0 Å². The van der Waals surface area contributed by atoms with Gasteiger partial charge in [0.05, 0.1) is 0 Å². The topological polar surface area (TPSA) is 67.4 Å². The molecule has 0 unspecified atom stereocenters. The highest BCUT2D eigenvalue weighted by Gasteiger charge is 2.12. The Bertz CT molecular complexity index is 1090. The Morgan fingerprint density at radius 2 is 1.68 bits per heavy atom. The minimum absolute atomic E-state index is 0.0698. The van der Waals surface area contributed by atoms with Gasteiger partial charge in [-0.15, -0.1) is 0 Å². The first-order valence-electron chi connectivity index (χ1n) is 10.3. The zero-order valence-corrected chi connectivity index (χ0v) is 18.4. The highest BCUT2D eigenvalue weighted by molar-refractivity contribution is 6.05. The fraction of sp³-hybridized carbons (Fsp3) is 0.231. The number of benzene rings is 3. The highest BCUT2D eigenvalue weighted by atomic mass is 16.5. The van der Waals surface area contributed by atoms with Crippen molar-refractivity contribution in [1.82, 2.24) is 0 Å². The predicted octanol–water partition coefficient (Wildman–Crippen LogP) is 5.73. The lowest BCUT2D eigenvalue weighted by Gasteiger charge is -2.13. The van der Waals surface area contributed by atoms with E-state index in [4.69, 9.17) is 4.74 Å². The van der Waals surface area contributed by atoms with Crippen LogP contribution in [0.4, 0.5) is 11.4 Å². The Labute approximate surface area is 183 Å². The number of amides is 2. The van der Waals surface area contributed by atoms with Crippen LogP contribution in [0.2, 0.25) is 0 Å². The molecule has 5 nitrogen and oxygen atoms in total. The Hall–Kier alpha value is -3.60. The van der Waals surface area contributed by atoms with Crippen molar-refractivity contribution in [2.45, 2.75) is 34.3 Å². The van der Waals surface area contributed by atoms with Gasteiger partial charge >= 0.3 is 0 Å². The second-order valence-electron chi connectivity index (χ2n) is 7.93. The maximum Gasteiger partial charge on any atom is 0.255 e. The molecule has 31 heavy (non-hydrogen) atoms. The molecule has 0 radical (unpaired) electrons. The molecule has 3 aromatic carbocycles. The zero-order chi connectivity index (χ0) is 22.4. The van der Waals surface area contributed by atoms with Crippen LogP contribution in [0, 0.1) is 19.8 Å². The van der Waals surface area contributed by atoms with Gasteiger partial charge < -0.3 is 15.4 Å². The normalized spacial score (nSPS) is 10.6. The molecule has 3 rings (SSSR count). The van der Waals surface area contributed by atoms with Gasteiger partial charge in [0.25, 0.3) is 5.91 Å². The first-order chi connectivity index (χ1) is 14.8. The van der Waals surface area contributed by atoms with Gasteiger partial charge in [-0.25, -0.2) is 0 Å². The molecular weight excluding hydrogens is 388 g/mol. The fourth-order valence-electron chi connectivity index (χ4n) is 3.01. The zero-order valence-electron chi connectivity index (χ0n) is 18.4. The van der Waals surface area contributed by atoms with Crippen LogP contribution in [0.25, 0.3) is 0 Å². The van der Waals surface area contributed by atoms with Gasteiger partial charge in [0.15, 0.2) is 0 Å². The van der Waals surface area contributed by atoms with Gasteiger partial charge in [0.2, 0.25) is 5.91 Å². The van der Waals surface area contributed by atoms with E-state index in [1.54, 1.807) is 24.3 Å². The van der Waals surface area contributed by atoms with E-state index in [0.29, 0.717) is 29.3 Å². The largest absolute Gasteiger partial charge is 0.489 e. The second kappa shape index (κ2) is 9.94. The molecule has 0 spiro atoms. The van der Waals surface area contributed by atoms with E-state index in [9.17, 15) is 9.59 Å². The van der Waals surface area contributed by atoms with Gasteiger partial charge in [0, 0.05) is 22.9 Å². The summed E-state index contributed by atoms with van der Waals surface area (Å²) in [6.07, 6.45) is 0. The Morgan fingerprint density at radius 3 is 2.42 bits per heavy atom. The highest BCUT2D eigenvalue weighted by Crippen LogP contribution is 2.23. The van der Waals surface area contributed by atoms with Crippen molar-refractivity contribution in [3.05, 3.63) is 89.0 Å². The predicted molar refractivity (Wildman–Crippen MR) is 125 cm³/mol.